The van der Waals surface area contributed by atoms with Crippen molar-refractivity contribution in [2.24, 2.45) is 0 Å². The first kappa shape index (κ1) is 10.4. The van der Waals surface area contributed by atoms with Gasteiger partial charge >= 0.3 is 5.97 Å². The molecule has 1 aromatic carbocycles. The molecule has 4 N–H and O–H groups in total. The predicted octanol–water partition coefficient (Wildman–Crippen LogP) is 1.63. The Morgan fingerprint density at radius 1 is 1.56 bits per heavy atom. The minimum absolute atomic E-state index is 0.0806. The lowest BCUT2D eigenvalue weighted by molar-refractivity contribution is 0.0530. The van der Waals surface area contributed by atoms with Gasteiger partial charge in [-0.05, 0) is 25.1 Å². The molecule has 16 heavy (non-hydrogen) atoms. The van der Waals surface area contributed by atoms with Crippen LogP contribution in [-0.2, 0) is 4.74 Å². The molecule has 0 aliphatic heterocycles. The summed E-state index contributed by atoms with van der Waals surface area (Å²) in [5.41, 5.74) is 6.66. The van der Waals surface area contributed by atoms with Crippen LogP contribution in [0.5, 0.6) is 5.75 Å². The summed E-state index contributed by atoms with van der Waals surface area (Å²) in [4.78, 5) is 14.5. The third-order valence-corrected chi connectivity index (χ3v) is 2.29. The number of fused-ring (bicyclic) bond motifs is 1. The molecule has 1 aromatic heterocycles. The average molecular weight is 220 g/mol. The summed E-state index contributed by atoms with van der Waals surface area (Å²) in [6.07, 6.45) is 0. The zero-order valence-corrected chi connectivity index (χ0v) is 8.78. The summed E-state index contributed by atoms with van der Waals surface area (Å²) in [5, 5.41) is 9.93. The van der Waals surface area contributed by atoms with Crippen LogP contribution in [0.15, 0.2) is 18.2 Å². The standard InChI is InChI=1S/C11H12N2O3/c1-2-16-11(15)9-7-5-6(14)3-4-8(7)13-10(9)12/h3-5,13-14H,2,12H2,1H3. The van der Waals surface area contributed by atoms with Gasteiger partial charge in [0.2, 0.25) is 0 Å². The number of nitrogen functional groups attached to an aromatic ring is 1. The summed E-state index contributed by atoms with van der Waals surface area (Å²) >= 11 is 0. The quantitative estimate of drug-likeness (QED) is 0.671. The first-order valence-corrected chi connectivity index (χ1v) is 4.90. The molecule has 0 spiro atoms. The lowest BCUT2D eigenvalue weighted by Gasteiger charge is -2.01. The zero-order valence-electron chi connectivity index (χ0n) is 8.78. The van der Waals surface area contributed by atoms with Gasteiger partial charge in [-0.1, -0.05) is 0 Å². The largest absolute Gasteiger partial charge is 0.508 e. The Kier molecular flexibility index (Phi) is 2.44. The number of esters is 1. The van der Waals surface area contributed by atoms with Crippen molar-refractivity contribution in [3.05, 3.63) is 23.8 Å². The Morgan fingerprint density at radius 2 is 2.31 bits per heavy atom. The SMILES string of the molecule is CCOC(=O)c1c(N)[nH]c2ccc(O)cc12. The summed E-state index contributed by atoms with van der Waals surface area (Å²) in [7, 11) is 0. The van der Waals surface area contributed by atoms with Gasteiger partial charge in [-0.25, -0.2) is 4.79 Å². The van der Waals surface area contributed by atoms with Crippen molar-refractivity contribution in [3.63, 3.8) is 0 Å². The number of nitrogens with two attached hydrogens (primary N) is 1. The second kappa shape index (κ2) is 3.77. The van der Waals surface area contributed by atoms with Crippen LogP contribution < -0.4 is 5.73 Å². The molecule has 0 amide bonds. The number of aromatic hydroxyl groups is 1. The van der Waals surface area contributed by atoms with E-state index >= 15 is 0 Å². The van der Waals surface area contributed by atoms with Gasteiger partial charge in [0, 0.05) is 10.9 Å². The van der Waals surface area contributed by atoms with Crippen molar-refractivity contribution in [2.45, 2.75) is 6.92 Å². The number of carbonyl (C=O) groups excluding carboxylic acids is 1. The number of ether oxygens (including phenoxy) is 1. The van der Waals surface area contributed by atoms with Crippen molar-refractivity contribution in [2.75, 3.05) is 12.3 Å². The second-order valence-corrected chi connectivity index (χ2v) is 3.36. The van der Waals surface area contributed by atoms with Crippen LogP contribution in [0.2, 0.25) is 0 Å². The number of rotatable bonds is 2. The monoisotopic (exact) mass is 220 g/mol. The Hall–Kier alpha value is -2.17. The number of nitrogens with one attached hydrogen (secondary N) is 1. The first-order valence-electron chi connectivity index (χ1n) is 4.90. The maximum absolute atomic E-state index is 11.6. The van der Waals surface area contributed by atoms with Crippen LogP contribution in [0.4, 0.5) is 5.82 Å². The van der Waals surface area contributed by atoms with Crippen molar-refractivity contribution in [1.82, 2.24) is 4.98 Å². The van der Waals surface area contributed by atoms with Crippen LogP contribution in [-0.4, -0.2) is 22.7 Å². The van der Waals surface area contributed by atoms with Crippen LogP contribution >= 0.6 is 0 Å². The minimum Gasteiger partial charge on any atom is -0.508 e. The lowest BCUT2D eigenvalue weighted by atomic mass is 10.1. The number of phenolic OH excluding ortho intramolecular Hbond substituents is 1. The first-order chi connectivity index (χ1) is 7.63. The fourth-order valence-corrected chi connectivity index (χ4v) is 1.62. The molecule has 0 saturated heterocycles. The fourth-order valence-electron chi connectivity index (χ4n) is 1.62. The molecule has 2 rings (SSSR count). The van der Waals surface area contributed by atoms with E-state index in [-0.39, 0.29) is 23.7 Å². The molecule has 0 saturated carbocycles. The van der Waals surface area contributed by atoms with Crippen LogP contribution in [0.25, 0.3) is 10.9 Å². The smallest absolute Gasteiger partial charge is 0.342 e. The number of carbonyl (C=O) groups is 1. The summed E-state index contributed by atoms with van der Waals surface area (Å²) in [6, 6.07) is 4.66. The van der Waals surface area contributed by atoms with E-state index in [1.807, 2.05) is 0 Å². The van der Waals surface area contributed by atoms with E-state index in [9.17, 15) is 9.90 Å². The van der Waals surface area contributed by atoms with Crippen LogP contribution in [0.3, 0.4) is 0 Å². The number of benzene rings is 1. The molecule has 0 radical (unpaired) electrons. The van der Waals surface area contributed by atoms with Crippen LogP contribution in [0.1, 0.15) is 17.3 Å². The van der Waals surface area contributed by atoms with Crippen LogP contribution in [0, 0.1) is 0 Å². The summed E-state index contributed by atoms with van der Waals surface area (Å²) < 4.78 is 4.89. The summed E-state index contributed by atoms with van der Waals surface area (Å²) in [5.74, 6) is -0.159. The number of hydrogen-bond acceptors (Lipinski definition) is 4. The molecule has 84 valence electrons. The van der Waals surface area contributed by atoms with E-state index in [4.69, 9.17) is 10.5 Å². The number of anilines is 1. The van der Waals surface area contributed by atoms with Crippen molar-refractivity contribution >= 4 is 22.7 Å². The van der Waals surface area contributed by atoms with Gasteiger partial charge in [0.05, 0.1) is 6.61 Å². The van der Waals surface area contributed by atoms with Crippen molar-refractivity contribution in [1.29, 1.82) is 0 Å². The Balaban J connectivity index is 2.62. The third-order valence-electron chi connectivity index (χ3n) is 2.29. The van der Waals surface area contributed by atoms with Gasteiger partial charge in [0.15, 0.2) is 0 Å². The molecule has 2 aromatic rings. The second-order valence-electron chi connectivity index (χ2n) is 3.36. The van der Waals surface area contributed by atoms with E-state index in [2.05, 4.69) is 4.98 Å². The normalized spacial score (nSPS) is 10.6. The molecule has 1 heterocycles. The molecule has 0 aliphatic carbocycles. The van der Waals surface area contributed by atoms with E-state index in [1.54, 1.807) is 13.0 Å². The molecule has 0 unspecified atom stereocenters. The zero-order chi connectivity index (χ0) is 11.7. The molecule has 0 bridgehead atoms. The van der Waals surface area contributed by atoms with E-state index < -0.39 is 5.97 Å². The topological polar surface area (TPSA) is 88.3 Å². The summed E-state index contributed by atoms with van der Waals surface area (Å²) in [6.45, 7) is 2.00. The van der Waals surface area contributed by atoms with Gasteiger partial charge in [-0.15, -0.1) is 0 Å². The van der Waals surface area contributed by atoms with Gasteiger partial charge in [-0.3, -0.25) is 0 Å². The predicted molar refractivity (Wildman–Crippen MR) is 60.3 cm³/mol. The van der Waals surface area contributed by atoms with Crippen molar-refractivity contribution < 1.29 is 14.6 Å². The van der Waals surface area contributed by atoms with Crippen molar-refractivity contribution in [3.8, 4) is 5.75 Å². The number of phenols is 1. The highest BCUT2D eigenvalue weighted by molar-refractivity contribution is 6.09. The van der Waals surface area contributed by atoms with E-state index in [0.717, 1.165) is 0 Å². The highest BCUT2D eigenvalue weighted by Gasteiger charge is 2.17. The fraction of sp³-hybridized carbons (Fsp3) is 0.182. The van der Waals surface area contributed by atoms with E-state index in [1.165, 1.54) is 12.1 Å². The Labute approximate surface area is 91.8 Å². The number of H-pyrrole nitrogens is 1. The van der Waals surface area contributed by atoms with Gasteiger partial charge < -0.3 is 20.6 Å². The molecular formula is C11H12N2O3. The third kappa shape index (κ3) is 1.56. The van der Waals surface area contributed by atoms with Gasteiger partial charge in [0.1, 0.15) is 17.1 Å². The highest BCUT2D eigenvalue weighted by Crippen LogP contribution is 2.27. The maximum atomic E-state index is 11.6. The lowest BCUT2D eigenvalue weighted by Crippen LogP contribution is -2.06. The molecule has 5 heteroatoms. The van der Waals surface area contributed by atoms with E-state index in [0.29, 0.717) is 10.9 Å². The maximum Gasteiger partial charge on any atom is 0.342 e. The molecule has 0 atom stereocenters. The van der Waals surface area contributed by atoms with Gasteiger partial charge in [0.25, 0.3) is 0 Å². The minimum atomic E-state index is -0.489. The number of aromatic amines is 1. The molecule has 5 nitrogen and oxygen atoms in total. The molecular weight excluding hydrogens is 208 g/mol. The molecule has 0 fully saturated rings. The Bertz CT molecular complexity index is 545. The Morgan fingerprint density at radius 3 is 3.00 bits per heavy atom. The number of hydrogen-bond donors (Lipinski definition) is 3. The average Bonchev–Trinajstić information content (AvgIpc) is 2.53. The van der Waals surface area contributed by atoms with Gasteiger partial charge in [-0.2, -0.15) is 0 Å². The number of aromatic nitrogens is 1. The highest BCUT2D eigenvalue weighted by atomic mass is 16.5. The molecule has 0 aliphatic rings.